The fourth-order valence-corrected chi connectivity index (χ4v) is 2.14. The first kappa shape index (κ1) is 16.4. The van der Waals surface area contributed by atoms with E-state index in [9.17, 15) is 0 Å². The standard InChI is InChI=1S/C16H22N4OS/c1-3-5-11-21-14-9-7-13(8-10-14)12-17-20-15(6-4-2)18-19-16(20)22/h7-10,12H,3-6,11H2,1-2H3,(H,19,22)/b17-12+. The summed E-state index contributed by atoms with van der Waals surface area (Å²) >= 11 is 5.19. The van der Waals surface area contributed by atoms with Gasteiger partial charge in [-0.2, -0.15) is 14.9 Å². The molecule has 1 N–H and O–H groups in total. The maximum Gasteiger partial charge on any atom is 0.216 e. The normalized spacial score (nSPS) is 11.2. The molecule has 0 bridgehead atoms. The van der Waals surface area contributed by atoms with Gasteiger partial charge < -0.3 is 4.74 Å². The van der Waals surface area contributed by atoms with Crippen LogP contribution in [0.2, 0.25) is 0 Å². The van der Waals surface area contributed by atoms with Gasteiger partial charge in [0.2, 0.25) is 4.77 Å². The second kappa shape index (κ2) is 8.48. The van der Waals surface area contributed by atoms with E-state index in [0.29, 0.717) is 4.77 Å². The number of aromatic nitrogens is 3. The van der Waals surface area contributed by atoms with Gasteiger partial charge in [-0.1, -0.05) is 20.3 Å². The molecular weight excluding hydrogens is 296 g/mol. The van der Waals surface area contributed by atoms with Crippen molar-refractivity contribution in [1.29, 1.82) is 0 Å². The topological polar surface area (TPSA) is 55.2 Å². The van der Waals surface area contributed by atoms with Crippen LogP contribution in [0.25, 0.3) is 0 Å². The number of unbranched alkanes of at least 4 members (excludes halogenated alkanes) is 1. The summed E-state index contributed by atoms with van der Waals surface area (Å²) in [5.74, 6) is 1.74. The van der Waals surface area contributed by atoms with Crippen molar-refractivity contribution in [3.05, 3.63) is 40.4 Å². The Kier molecular flexibility index (Phi) is 6.33. The maximum absolute atomic E-state index is 5.64. The van der Waals surface area contributed by atoms with Gasteiger partial charge in [0.25, 0.3) is 0 Å². The van der Waals surface area contributed by atoms with Gasteiger partial charge in [-0.25, -0.2) is 0 Å². The molecule has 1 heterocycles. The van der Waals surface area contributed by atoms with E-state index in [1.54, 1.807) is 10.9 Å². The van der Waals surface area contributed by atoms with Gasteiger partial charge in [-0.3, -0.25) is 5.10 Å². The number of hydrogen-bond acceptors (Lipinski definition) is 4. The highest BCUT2D eigenvalue weighted by Crippen LogP contribution is 2.12. The Morgan fingerprint density at radius 1 is 1.27 bits per heavy atom. The zero-order valence-electron chi connectivity index (χ0n) is 13.1. The lowest BCUT2D eigenvalue weighted by Gasteiger charge is -2.05. The first-order chi connectivity index (χ1) is 10.7. The van der Waals surface area contributed by atoms with Crippen LogP contribution < -0.4 is 4.74 Å². The van der Waals surface area contributed by atoms with Crippen LogP contribution in [-0.4, -0.2) is 27.7 Å². The molecule has 0 amide bonds. The fraction of sp³-hybridized carbons (Fsp3) is 0.438. The molecule has 1 aromatic heterocycles. The van der Waals surface area contributed by atoms with Crippen molar-refractivity contribution in [3.63, 3.8) is 0 Å². The molecule has 0 unspecified atom stereocenters. The van der Waals surface area contributed by atoms with E-state index in [1.165, 1.54) is 0 Å². The summed E-state index contributed by atoms with van der Waals surface area (Å²) in [6, 6.07) is 7.87. The Morgan fingerprint density at radius 3 is 2.73 bits per heavy atom. The van der Waals surface area contributed by atoms with Crippen LogP contribution in [0, 0.1) is 4.77 Å². The molecule has 2 aromatic rings. The highest BCUT2D eigenvalue weighted by molar-refractivity contribution is 7.71. The summed E-state index contributed by atoms with van der Waals surface area (Å²) < 4.78 is 7.82. The van der Waals surface area contributed by atoms with E-state index in [4.69, 9.17) is 17.0 Å². The number of nitrogens with zero attached hydrogens (tertiary/aromatic N) is 3. The van der Waals surface area contributed by atoms with Gasteiger partial charge >= 0.3 is 0 Å². The average molecular weight is 318 g/mol. The number of hydrogen-bond donors (Lipinski definition) is 1. The summed E-state index contributed by atoms with van der Waals surface area (Å²) in [5.41, 5.74) is 0.994. The quantitative estimate of drug-likeness (QED) is 0.455. The molecule has 0 radical (unpaired) electrons. The molecule has 0 aliphatic rings. The van der Waals surface area contributed by atoms with Crippen molar-refractivity contribution in [2.24, 2.45) is 5.10 Å². The Bertz CT molecular complexity index is 658. The highest BCUT2D eigenvalue weighted by Gasteiger charge is 2.03. The zero-order chi connectivity index (χ0) is 15.8. The van der Waals surface area contributed by atoms with Gasteiger partial charge in [-0.15, -0.1) is 0 Å². The molecule has 1 aromatic carbocycles. The molecule has 0 saturated carbocycles. The summed E-state index contributed by atoms with van der Waals surface area (Å²) in [7, 11) is 0. The first-order valence-corrected chi connectivity index (χ1v) is 8.09. The number of rotatable bonds is 8. The van der Waals surface area contributed by atoms with Crippen LogP contribution in [0.4, 0.5) is 0 Å². The van der Waals surface area contributed by atoms with Crippen LogP contribution in [-0.2, 0) is 6.42 Å². The predicted molar refractivity (Wildman–Crippen MR) is 91.2 cm³/mol. The monoisotopic (exact) mass is 318 g/mol. The summed E-state index contributed by atoms with van der Waals surface area (Å²) in [6.45, 7) is 5.01. The molecule has 2 rings (SSSR count). The van der Waals surface area contributed by atoms with Gasteiger partial charge in [-0.05, 0) is 54.9 Å². The van der Waals surface area contributed by atoms with Crippen LogP contribution in [0.1, 0.15) is 44.5 Å². The maximum atomic E-state index is 5.64. The minimum Gasteiger partial charge on any atom is -0.494 e. The molecule has 22 heavy (non-hydrogen) atoms. The van der Waals surface area contributed by atoms with E-state index in [0.717, 1.165) is 49.4 Å². The van der Waals surface area contributed by atoms with Crippen molar-refractivity contribution in [2.45, 2.75) is 39.5 Å². The van der Waals surface area contributed by atoms with E-state index in [1.807, 2.05) is 24.3 Å². The smallest absolute Gasteiger partial charge is 0.216 e. The van der Waals surface area contributed by atoms with Crippen molar-refractivity contribution >= 4 is 18.4 Å². The number of ether oxygens (including phenoxy) is 1. The summed E-state index contributed by atoms with van der Waals surface area (Å²) in [5, 5.41) is 11.4. The molecule has 0 atom stereocenters. The number of nitrogens with one attached hydrogen (secondary N) is 1. The second-order valence-electron chi connectivity index (χ2n) is 5.02. The molecule has 6 heteroatoms. The van der Waals surface area contributed by atoms with Crippen molar-refractivity contribution < 1.29 is 4.74 Å². The third-order valence-corrected chi connectivity index (χ3v) is 3.42. The Morgan fingerprint density at radius 2 is 2.05 bits per heavy atom. The fourth-order valence-electron chi connectivity index (χ4n) is 1.94. The second-order valence-corrected chi connectivity index (χ2v) is 5.41. The van der Waals surface area contributed by atoms with Gasteiger partial charge in [0, 0.05) is 6.42 Å². The van der Waals surface area contributed by atoms with Gasteiger partial charge in [0.1, 0.15) is 5.75 Å². The van der Waals surface area contributed by atoms with E-state index in [2.05, 4.69) is 29.1 Å². The third kappa shape index (κ3) is 4.53. The van der Waals surface area contributed by atoms with Crippen molar-refractivity contribution in [3.8, 4) is 5.75 Å². The molecule has 0 spiro atoms. The number of aromatic amines is 1. The first-order valence-electron chi connectivity index (χ1n) is 7.68. The largest absolute Gasteiger partial charge is 0.494 e. The Labute approximate surface area is 136 Å². The van der Waals surface area contributed by atoms with Crippen LogP contribution in [0.15, 0.2) is 29.4 Å². The summed E-state index contributed by atoms with van der Waals surface area (Å²) in [6.07, 6.45) is 5.83. The van der Waals surface area contributed by atoms with E-state index >= 15 is 0 Å². The van der Waals surface area contributed by atoms with E-state index in [-0.39, 0.29) is 0 Å². The van der Waals surface area contributed by atoms with Crippen molar-refractivity contribution in [1.82, 2.24) is 14.9 Å². The third-order valence-electron chi connectivity index (χ3n) is 3.16. The Hall–Kier alpha value is -1.95. The summed E-state index contributed by atoms with van der Waals surface area (Å²) in [4.78, 5) is 0. The molecule has 0 aliphatic heterocycles. The molecule has 0 fully saturated rings. The van der Waals surface area contributed by atoms with Crippen molar-refractivity contribution in [2.75, 3.05) is 6.61 Å². The number of benzene rings is 1. The lowest BCUT2D eigenvalue weighted by atomic mass is 10.2. The molecule has 0 aliphatic carbocycles. The Balaban J connectivity index is 2.04. The van der Waals surface area contributed by atoms with E-state index < -0.39 is 0 Å². The number of H-pyrrole nitrogens is 1. The highest BCUT2D eigenvalue weighted by atomic mass is 32.1. The van der Waals surface area contributed by atoms with Crippen LogP contribution in [0.3, 0.4) is 0 Å². The lowest BCUT2D eigenvalue weighted by molar-refractivity contribution is 0.309. The minimum atomic E-state index is 0.513. The van der Waals surface area contributed by atoms with Crippen LogP contribution >= 0.6 is 12.2 Å². The SMILES string of the molecule is CCCCOc1ccc(/C=N/n2c(CCC)n[nH]c2=S)cc1. The van der Waals surface area contributed by atoms with Gasteiger partial charge in [0.15, 0.2) is 5.82 Å². The molecule has 5 nitrogen and oxygen atoms in total. The minimum absolute atomic E-state index is 0.513. The number of aryl methyl sites for hydroxylation is 1. The molecule has 118 valence electrons. The van der Waals surface area contributed by atoms with Gasteiger partial charge in [0.05, 0.1) is 12.8 Å². The molecule has 0 saturated heterocycles. The lowest BCUT2D eigenvalue weighted by Crippen LogP contribution is -1.99. The zero-order valence-corrected chi connectivity index (χ0v) is 13.9. The predicted octanol–water partition coefficient (Wildman–Crippen LogP) is 3.95. The van der Waals surface area contributed by atoms with Crippen LogP contribution in [0.5, 0.6) is 5.75 Å². The molecular formula is C16H22N4OS. The average Bonchev–Trinajstić information content (AvgIpc) is 2.87.